The van der Waals surface area contributed by atoms with Crippen molar-refractivity contribution in [1.29, 1.82) is 0 Å². The first-order valence-electron chi connectivity index (χ1n) is 2.21. The highest BCUT2D eigenvalue weighted by Crippen LogP contribution is 1.68. The molecule has 0 aliphatic carbocycles. The van der Waals surface area contributed by atoms with Gasteiger partial charge in [-0.3, -0.25) is 9.79 Å². The van der Waals surface area contributed by atoms with E-state index in [-0.39, 0.29) is 6.47 Å². The highest BCUT2D eigenvalue weighted by atomic mass is 16.3. The number of rotatable bonds is 0. The standard InChI is InChI=1S/C3H6N2.CH2O2/c1-2-5-3-4-1;2-1-3/h3H,1-2H2,(H,4,5);1H,(H,2,3). The van der Waals surface area contributed by atoms with Gasteiger partial charge in [-0.05, 0) is 0 Å². The smallest absolute Gasteiger partial charge is 0.290 e. The molecule has 0 saturated carbocycles. The Balaban J connectivity index is 0.000000145. The predicted molar refractivity (Wildman–Crippen MR) is 30.1 cm³/mol. The van der Waals surface area contributed by atoms with Gasteiger partial charge in [0.15, 0.2) is 0 Å². The van der Waals surface area contributed by atoms with Crippen molar-refractivity contribution in [3.8, 4) is 0 Å². The number of carboxylic acid groups (broad SMARTS) is 1. The van der Waals surface area contributed by atoms with Crippen molar-refractivity contribution in [2.75, 3.05) is 13.1 Å². The third-order valence-corrected chi connectivity index (χ3v) is 0.568. The first-order chi connectivity index (χ1) is 3.91. The van der Waals surface area contributed by atoms with Crippen LogP contribution in [0.2, 0.25) is 0 Å². The van der Waals surface area contributed by atoms with Crippen LogP contribution in [0.1, 0.15) is 0 Å². The molecule has 1 aliphatic heterocycles. The Morgan fingerprint density at radius 1 is 1.88 bits per heavy atom. The number of carbonyl (C=O) groups is 1. The van der Waals surface area contributed by atoms with E-state index < -0.39 is 0 Å². The van der Waals surface area contributed by atoms with Gasteiger partial charge in [-0.25, -0.2) is 0 Å². The van der Waals surface area contributed by atoms with Crippen molar-refractivity contribution in [3.63, 3.8) is 0 Å². The third-order valence-electron chi connectivity index (χ3n) is 0.568. The molecule has 1 heterocycles. The number of hydrogen-bond donors (Lipinski definition) is 2. The molecule has 2 N–H and O–H groups in total. The van der Waals surface area contributed by atoms with E-state index in [1.807, 2.05) is 0 Å². The summed E-state index contributed by atoms with van der Waals surface area (Å²) in [6, 6.07) is 0. The van der Waals surface area contributed by atoms with E-state index in [1.54, 1.807) is 6.34 Å². The Morgan fingerprint density at radius 3 is 2.62 bits per heavy atom. The van der Waals surface area contributed by atoms with Crippen molar-refractivity contribution >= 4 is 12.8 Å². The normalized spacial score (nSPS) is 13.5. The van der Waals surface area contributed by atoms with Crippen LogP contribution < -0.4 is 5.32 Å². The van der Waals surface area contributed by atoms with Crippen LogP contribution in [0.4, 0.5) is 0 Å². The van der Waals surface area contributed by atoms with Crippen LogP contribution in [0.25, 0.3) is 0 Å². The van der Waals surface area contributed by atoms with Crippen molar-refractivity contribution in [1.82, 2.24) is 5.32 Å². The molecule has 1 rings (SSSR count). The van der Waals surface area contributed by atoms with Crippen molar-refractivity contribution in [2.24, 2.45) is 4.99 Å². The van der Waals surface area contributed by atoms with Crippen LogP contribution in [0.3, 0.4) is 0 Å². The molecule has 0 bridgehead atoms. The van der Waals surface area contributed by atoms with E-state index in [0.29, 0.717) is 0 Å². The van der Waals surface area contributed by atoms with Crippen molar-refractivity contribution < 1.29 is 9.90 Å². The van der Waals surface area contributed by atoms with Gasteiger partial charge in [0.1, 0.15) is 0 Å². The number of nitrogens with one attached hydrogen (secondary N) is 1. The van der Waals surface area contributed by atoms with Gasteiger partial charge in [0, 0.05) is 6.54 Å². The molecule has 0 fully saturated rings. The fourth-order valence-corrected chi connectivity index (χ4v) is 0.323. The zero-order valence-electron chi connectivity index (χ0n) is 4.37. The quantitative estimate of drug-likeness (QED) is 0.412. The van der Waals surface area contributed by atoms with Crippen LogP contribution in [0.15, 0.2) is 4.99 Å². The fraction of sp³-hybridized carbons (Fsp3) is 0.500. The summed E-state index contributed by atoms with van der Waals surface area (Å²) in [6.07, 6.45) is 1.74. The van der Waals surface area contributed by atoms with Crippen molar-refractivity contribution in [3.05, 3.63) is 0 Å². The van der Waals surface area contributed by atoms with Gasteiger partial charge in [-0.15, -0.1) is 0 Å². The monoisotopic (exact) mass is 116 g/mol. The zero-order chi connectivity index (χ0) is 6.24. The van der Waals surface area contributed by atoms with E-state index in [0.717, 1.165) is 13.1 Å². The van der Waals surface area contributed by atoms with Gasteiger partial charge in [-0.2, -0.15) is 0 Å². The number of aliphatic imine (C=N–C) groups is 1. The maximum atomic E-state index is 8.36. The van der Waals surface area contributed by atoms with E-state index in [2.05, 4.69) is 10.3 Å². The Bertz CT molecular complexity index is 76.1. The third kappa shape index (κ3) is 4.94. The molecule has 0 atom stereocenters. The molecule has 0 amide bonds. The maximum absolute atomic E-state index is 8.36. The van der Waals surface area contributed by atoms with Gasteiger partial charge < -0.3 is 10.4 Å². The Hall–Kier alpha value is -1.06. The van der Waals surface area contributed by atoms with E-state index in [4.69, 9.17) is 9.90 Å². The Labute approximate surface area is 47.2 Å². The SMILES string of the molecule is C1=NCCN1.O=CO. The molecule has 4 nitrogen and oxygen atoms in total. The van der Waals surface area contributed by atoms with Crippen LogP contribution >= 0.6 is 0 Å². The van der Waals surface area contributed by atoms with E-state index in [9.17, 15) is 0 Å². The van der Waals surface area contributed by atoms with Gasteiger partial charge in [0.25, 0.3) is 6.47 Å². The lowest BCUT2D eigenvalue weighted by Gasteiger charge is -1.75. The lowest BCUT2D eigenvalue weighted by atomic mass is 10.7. The summed E-state index contributed by atoms with van der Waals surface area (Å²) in [7, 11) is 0. The van der Waals surface area contributed by atoms with Crippen molar-refractivity contribution in [2.45, 2.75) is 0 Å². The largest absolute Gasteiger partial charge is 0.483 e. The Morgan fingerprint density at radius 2 is 2.50 bits per heavy atom. The molecule has 0 aromatic rings. The minimum absolute atomic E-state index is 0.250. The summed E-state index contributed by atoms with van der Waals surface area (Å²) in [5.74, 6) is 0. The van der Waals surface area contributed by atoms with Gasteiger partial charge in [0.2, 0.25) is 0 Å². The second-order valence-electron chi connectivity index (χ2n) is 1.09. The van der Waals surface area contributed by atoms with Gasteiger partial charge in [-0.1, -0.05) is 0 Å². The molecule has 0 saturated heterocycles. The Kier molecular flexibility index (Phi) is 5.15. The molecule has 0 aromatic heterocycles. The molecule has 8 heavy (non-hydrogen) atoms. The highest BCUT2D eigenvalue weighted by Gasteiger charge is 1.82. The number of nitrogens with zero attached hydrogens (tertiary/aromatic N) is 1. The molecule has 4 heteroatoms. The average Bonchev–Trinajstić information content (AvgIpc) is 2.17. The number of hydrogen-bond acceptors (Lipinski definition) is 3. The first-order valence-corrected chi connectivity index (χ1v) is 2.21. The van der Waals surface area contributed by atoms with Crippen LogP contribution in [-0.2, 0) is 4.79 Å². The van der Waals surface area contributed by atoms with E-state index >= 15 is 0 Å². The minimum Gasteiger partial charge on any atom is -0.483 e. The van der Waals surface area contributed by atoms with Crippen LogP contribution in [-0.4, -0.2) is 31.0 Å². The highest BCUT2D eigenvalue weighted by molar-refractivity contribution is 5.56. The summed E-state index contributed by atoms with van der Waals surface area (Å²) >= 11 is 0. The molecule has 0 radical (unpaired) electrons. The van der Waals surface area contributed by atoms with Gasteiger partial charge >= 0.3 is 0 Å². The lowest BCUT2D eigenvalue weighted by molar-refractivity contribution is -0.122. The molecular weight excluding hydrogens is 108 g/mol. The molecule has 0 aromatic carbocycles. The molecule has 46 valence electrons. The summed E-state index contributed by atoms with van der Waals surface area (Å²) in [5.41, 5.74) is 0. The fourth-order valence-electron chi connectivity index (χ4n) is 0.323. The molecule has 0 unspecified atom stereocenters. The van der Waals surface area contributed by atoms with E-state index in [1.165, 1.54) is 0 Å². The second kappa shape index (κ2) is 5.94. The van der Waals surface area contributed by atoms with Crippen LogP contribution in [0.5, 0.6) is 0 Å². The molecular formula is C4H8N2O2. The van der Waals surface area contributed by atoms with Gasteiger partial charge in [0.05, 0.1) is 12.9 Å². The molecule has 1 aliphatic rings. The minimum atomic E-state index is -0.250. The predicted octanol–water partition coefficient (Wildman–Crippen LogP) is -0.681. The second-order valence-corrected chi connectivity index (χ2v) is 1.09. The molecule has 0 spiro atoms. The maximum Gasteiger partial charge on any atom is 0.290 e. The zero-order valence-corrected chi connectivity index (χ0v) is 4.37. The first kappa shape index (κ1) is 6.94. The topological polar surface area (TPSA) is 61.7 Å². The lowest BCUT2D eigenvalue weighted by Crippen LogP contribution is -2.04. The summed E-state index contributed by atoms with van der Waals surface area (Å²) in [5, 5.41) is 9.82. The summed E-state index contributed by atoms with van der Waals surface area (Å²) in [6.45, 7) is 1.74. The summed E-state index contributed by atoms with van der Waals surface area (Å²) in [4.78, 5) is 12.2. The van der Waals surface area contributed by atoms with Crippen LogP contribution in [0, 0.1) is 0 Å². The average molecular weight is 116 g/mol. The summed E-state index contributed by atoms with van der Waals surface area (Å²) < 4.78 is 0.